The lowest BCUT2D eigenvalue weighted by atomic mass is 9.98. The van der Waals surface area contributed by atoms with Crippen LogP contribution < -0.4 is 11.1 Å². The zero-order chi connectivity index (χ0) is 14.3. The van der Waals surface area contributed by atoms with Crippen molar-refractivity contribution in [2.75, 3.05) is 0 Å². The molecule has 0 heterocycles. The number of primary amides is 1. The predicted molar refractivity (Wildman–Crippen MR) is 69.2 cm³/mol. The van der Waals surface area contributed by atoms with E-state index in [-0.39, 0.29) is 24.7 Å². The van der Waals surface area contributed by atoms with Crippen LogP contribution in [-0.2, 0) is 14.4 Å². The Morgan fingerprint density at radius 3 is 2.21 bits per heavy atom. The number of amides is 2. The monoisotopic (exact) mass is 270 g/mol. The van der Waals surface area contributed by atoms with Gasteiger partial charge < -0.3 is 16.2 Å². The molecule has 0 spiro atoms. The molecule has 1 unspecified atom stereocenters. The molecule has 1 aliphatic carbocycles. The minimum atomic E-state index is -1.12. The van der Waals surface area contributed by atoms with Crippen molar-refractivity contribution in [2.45, 2.75) is 57.4 Å². The first-order valence-corrected chi connectivity index (χ1v) is 6.82. The Kier molecular flexibility index (Phi) is 6.32. The number of nitrogens with two attached hydrogens (primary N) is 1. The molecule has 0 bridgehead atoms. The van der Waals surface area contributed by atoms with Crippen LogP contribution in [-0.4, -0.2) is 28.9 Å². The van der Waals surface area contributed by atoms with Gasteiger partial charge in [-0.2, -0.15) is 0 Å². The van der Waals surface area contributed by atoms with Crippen molar-refractivity contribution in [1.29, 1.82) is 0 Å². The fourth-order valence-electron chi connectivity index (χ4n) is 2.38. The first kappa shape index (κ1) is 15.5. The van der Waals surface area contributed by atoms with Crippen molar-refractivity contribution in [1.82, 2.24) is 5.32 Å². The lowest BCUT2D eigenvalue weighted by Gasteiger charge is -2.18. The number of carbonyl (C=O) groups excluding carboxylic acids is 2. The van der Waals surface area contributed by atoms with Crippen molar-refractivity contribution >= 4 is 17.8 Å². The summed E-state index contributed by atoms with van der Waals surface area (Å²) in [5, 5.41) is 11.5. The molecule has 4 N–H and O–H groups in total. The van der Waals surface area contributed by atoms with Crippen molar-refractivity contribution in [2.24, 2.45) is 11.7 Å². The molecule has 108 valence electrons. The highest BCUT2D eigenvalue weighted by molar-refractivity contribution is 5.85. The standard InChI is InChI=1S/C13H22N2O4/c14-11(16)8-7-10(13(18)19)15-12(17)9-5-3-1-2-4-6-9/h9-10H,1-8H2,(H2,14,16)(H,15,17)(H,18,19). The molecule has 1 fully saturated rings. The Labute approximate surface area is 112 Å². The van der Waals surface area contributed by atoms with E-state index >= 15 is 0 Å². The summed E-state index contributed by atoms with van der Waals surface area (Å²) in [4.78, 5) is 33.7. The number of aliphatic carboxylic acids is 1. The number of carbonyl (C=O) groups is 3. The third-order valence-electron chi connectivity index (χ3n) is 3.52. The summed E-state index contributed by atoms with van der Waals surface area (Å²) < 4.78 is 0. The Morgan fingerprint density at radius 2 is 1.74 bits per heavy atom. The van der Waals surface area contributed by atoms with Gasteiger partial charge in [0.1, 0.15) is 6.04 Å². The van der Waals surface area contributed by atoms with Crippen molar-refractivity contribution in [3.63, 3.8) is 0 Å². The Balaban J connectivity index is 2.49. The fourth-order valence-corrected chi connectivity index (χ4v) is 2.38. The molecule has 1 atom stereocenters. The third-order valence-corrected chi connectivity index (χ3v) is 3.52. The van der Waals surface area contributed by atoms with Crippen LogP contribution in [0.5, 0.6) is 0 Å². The molecule has 0 aromatic heterocycles. The van der Waals surface area contributed by atoms with E-state index in [1.165, 1.54) is 0 Å². The molecule has 0 saturated heterocycles. The van der Waals surface area contributed by atoms with Gasteiger partial charge in [0, 0.05) is 12.3 Å². The molecule has 0 radical (unpaired) electrons. The number of rotatable bonds is 6. The molecule has 1 rings (SSSR count). The lowest BCUT2D eigenvalue weighted by molar-refractivity contribution is -0.142. The second-order valence-electron chi connectivity index (χ2n) is 5.09. The summed E-state index contributed by atoms with van der Waals surface area (Å²) in [6.07, 6.45) is 5.92. The van der Waals surface area contributed by atoms with Gasteiger partial charge in [0.25, 0.3) is 0 Å². The van der Waals surface area contributed by atoms with E-state index in [2.05, 4.69) is 5.32 Å². The van der Waals surface area contributed by atoms with E-state index in [0.717, 1.165) is 38.5 Å². The van der Waals surface area contributed by atoms with Crippen LogP contribution in [0.25, 0.3) is 0 Å². The molecule has 6 heteroatoms. The number of carboxylic acids is 1. The van der Waals surface area contributed by atoms with Crippen LogP contribution >= 0.6 is 0 Å². The van der Waals surface area contributed by atoms with Crippen LogP contribution in [0.4, 0.5) is 0 Å². The molecule has 6 nitrogen and oxygen atoms in total. The summed E-state index contributed by atoms with van der Waals surface area (Å²) in [6, 6.07) is -1.02. The van der Waals surface area contributed by atoms with E-state index in [1.807, 2.05) is 0 Å². The van der Waals surface area contributed by atoms with Crippen LogP contribution in [0, 0.1) is 5.92 Å². The Hall–Kier alpha value is -1.59. The van der Waals surface area contributed by atoms with Gasteiger partial charge in [0.05, 0.1) is 0 Å². The largest absolute Gasteiger partial charge is 0.480 e. The highest BCUT2D eigenvalue weighted by Gasteiger charge is 2.25. The van der Waals surface area contributed by atoms with Crippen LogP contribution in [0.15, 0.2) is 0 Å². The van der Waals surface area contributed by atoms with E-state index in [4.69, 9.17) is 10.8 Å². The van der Waals surface area contributed by atoms with Gasteiger partial charge in [0.15, 0.2) is 0 Å². The van der Waals surface area contributed by atoms with Gasteiger partial charge in [-0.25, -0.2) is 4.79 Å². The SMILES string of the molecule is NC(=O)CCC(NC(=O)C1CCCCCC1)C(=O)O. The zero-order valence-electron chi connectivity index (χ0n) is 11.1. The van der Waals surface area contributed by atoms with Crippen LogP contribution in [0.2, 0.25) is 0 Å². The van der Waals surface area contributed by atoms with Crippen molar-refractivity contribution in [3.05, 3.63) is 0 Å². The van der Waals surface area contributed by atoms with Crippen molar-refractivity contribution < 1.29 is 19.5 Å². The minimum absolute atomic E-state index is 0.0398. The number of nitrogens with one attached hydrogen (secondary N) is 1. The molecule has 2 amide bonds. The number of hydrogen-bond acceptors (Lipinski definition) is 3. The van der Waals surface area contributed by atoms with Crippen LogP contribution in [0.3, 0.4) is 0 Å². The third kappa shape index (κ3) is 5.72. The molecular formula is C13H22N2O4. The first-order valence-electron chi connectivity index (χ1n) is 6.82. The smallest absolute Gasteiger partial charge is 0.326 e. The van der Waals surface area contributed by atoms with Crippen molar-refractivity contribution in [3.8, 4) is 0 Å². The summed E-state index contributed by atoms with van der Waals surface area (Å²) >= 11 is 0. The van der Waals surface area contributed by atoms with Gasteiger partial charge in [0.2, 0.25) is 11.8 Å². The predicted octanol–water partition coefficient (Wildman–Crippen LogP) is 0.792. The lowest BCUT2D eigenvalue weighted by Crippen LogP contribution is -2.44. The summed E-state index contributed by atoms with van der Waals surface area (Å²) in [6.45, 7) is 0. The molecule has 0 aliphatic heterocycles. The highest BCUT2D eigenvalue weighted by Crippen LogP contribution is 2.23. The molecule has 0 aromatic rings. The summed E-state index contributed by atoms with van der Waals surface area (Å²) in [5.41, 5.74) is 4.99. The highest BCUT2D eigenvalue weighted by atomic mass is 16.4. The summed E-state index contributed by atoms with van der Waals surface area (Å²) in [5.74, 6) is -1.99. The Bertz CT molecular complexity index is 336. The maximum Gasteiger partial charge on any atom is 0.326 e. The van der Waals surface area contributed by atoms with Gasteiger partial charge in [-0.15, -0.1) is 0 Å². The van der Waals surface area contributed by atoms with E-state index < -0.39 is 17.9 Å². The molecule has 19 heavy (non-hydrogen) atoms. The quantitative estimate of drug-likeness (QED) is 0.620. The first-order chi connectivity index (χ1) is 9.00. The molecular weight excluding hydrogens is 248 g/mol. The maximum atomic E-state index is 12.0. The van der Waals surface area contributed by atoms with Gasteiger partial charge in [-0.3, -0.25) is 9.59 Å². The maximum absolute atomic E-state index is 12.0. The second kappa shape index (κ2) is 7.76. The zero-order valence-corrected chi connectivity index (χ0v) is 11.1. The van der Waals surface area contributed by atoms with Gasteiger partial charge in [-0.05, 0) is 19.3 Å². The average Bonchev–Trinajstić information content (AvgIpc) is 2.62. The Morgan fingerprint density at radius 1 is 1.16 bits per heavy atom. The average molecular weight is 270 g/mol. The molecule has 1 aliphatic rings. The topological polar surface area (TPSA) is 109 Å². The van der Waals surface area contributed by atoms with Crippen LogP contribution in [0.1, 0.15) is 51.4 Å². The fraction of sp³-hybridized carbons (Fsp3) is 0.769. The number of carboxylic acid groups (broad SMARTS) is 1. The van der Waals surface area contributed by atoms with Gasteiger partial charge in [-0.1, -0.05) is 25.7 Å². The molecule has 1 saturated carbocycles. The van der Waals surface area contributed by atoms with E-state index in [9.17, 15) is 14.4 Å². The minimum Gasteiger partial charge on any atom is -0.480 e. The molecule has 0 aromatic carbocycles. The van der Waals surface area contributed by atoms with E-state index in [0.29, 0.717) is 0 Å². The van der Waals surface area contributed by atoms with Gasteiger partial charge >= 0.3 is 5.97 Å². The summed E-state index contributed by atoms with van der Waals surface area (Å²) in [7, 11) is 0. The number of hydrogen-bond donors (Lipinski definition) is 3. The normalized spacial score (nSPS) is 18.3. The van der Waals surface area contributed by atoms with E-state index in [1.54, 1.807) is 0 Å². The second-order valence-corrected chi connectivity index (χ2v) is 5.09.